The van der Waals surface area contributed by atoms with Crippen LogP contribution in [0.5, 0.6) is 11.5 Å². The van der Waals surface area contributed by atoms with E-state index in [0.717, 1.165) is 0 Å². The van der Waals surface area contributed by atoms with Gasteiger partial charge in [0.2, 0.25) is 23.6 Å². The highest BCUT2D eigenvalue weighted by Crippen LogP contribution is 2.13. The molecule has 0 fully saturated rings. The Kier molecular flexibility index (Phi) is 12.2. The summed E-state index contributed by atoms with van der Waals surface area (Å²) in [7, 11) is 0. The number of carboxylic acid groups (broad SMARTS) is 2. The Morgan fingerprint density at radius 2 is 1.12 bits per heavy atom. The van der Waals surface area contributed by atoms with Gasteiger partial charge in [0.1, 0.15) is 29.6 Å². The zero-order valence-electron chi connectivity index (χ0n) is 22.4. The van der Waals surface area contributed by atoms with E-state index in [1.165, 1.54) is 36.4 Å². The Morgan fingerprint density at radius 3 is 1.60 bits per heavy atom. The highest BCUT2D eigenvalue weighted by Gasteiger charge is 2.31. The molecule has 0 aromatic heterocycles. The molecule has 2 rings (SSSR count). The third-order valence-electron chi connectivity index (χ3n) is 6.04. The van der Waals surface area contributed by atoms with E-state index >= 15 is 0 Å². The van der Waals surface area contributed by atoms with E-state index in [2.05, 4.69) is 16.0 Å². The first-order valence-electron chi connectivity index (χ1n) is 12.7. The van der Waals surface area contributed by atoms with E-state index < -0.39 is 79.0 Å². The summed E-state index contributed by atoms with van der Waals surface area (Å²) in [5.41, 5.74) is 12.2. The largest absolute Gasteiger partial charge is 0.508 e. The highest BCUT2D eigenvalue weighted by atomic mass is 16.4. The molecule has 4 unspecified atom stereocenters. The van der Waals surface area contributed by atoms with Crippen LogP contribution in [0.4, 0.5) is 0 Å². The molecule has 15 nitrogen and oxygen atoms in total. The van der Waals surface area contributed by atoms with Crippen LogP contribution in [0.2, 0.25) is 0 Å². The number of amides is 4. The minimum Gasteiger partial charge on any atom is -0.508 e. The van der Waals surface area contributed by atoms with Crippen LogP contribution in [0.25, 0.3) is 0 Å². The number of aliphatic carboxylic acids is 2. The van der Waals surface area contributed by atoms with Crippen molar-refractivity contribution in [1.29, 1.82) is 0 Å². The normalized spacial score (nSPS) is 13.5. The summed E-state index contributed by atoms with van der Waals surface area (Å²) in [5.74, 6) is -6.66. The van der Waals surface area contributed by atoms with Gasteiger partial charge in [-0.25, -0.2) is 4.79 Å². The van der Waals surface area contributed by atoms with E-state index in [0.29, 0.717) is 11.1 Å². The number of hydrogen-bond acceptors (Lipinski definition) is 9. The van der Waals surface area contributed by atoms with Crippen LogP contribution in [0.1, 0.15) is 30.4 Å². The minimum absolute atomic E-state index is 0.0215. The summed E-state index contributed by atoms with van der Waals surface area (Å²) in [6, 6.07) is 5.92. The zero-order valence-corrected chi connectivity index (χ0v) is 22.4. The van der Waals surface area contributed by atoms with Crippen molar-refractivity contribution in [2.45, 2.75) is 56.3 Å². The van der Waals surface area contributed by atoms with Crippen molar-refractivity contribution in [3.05, 3.63) is 59.7 Å². The van der Waals surface area contributed by atoms with E-state index in [1.54, 1.807) is 12.1 Å². The van der Waals surface area contributed by atoms with Gasteiger partial charge in [-0.1, -0.05) is 24.3 Å². The van der Waals surface area contributed by atoms with Gasteiger partial charge in [0, 0.05) is 12.8 Å². The Hall–Kier alpha value is -5.18. The number of carboxylic acids is 2. The maximum absolute atomic E-state index is 13.4. The van der Waals surface area contributed by atoms with Crippen molar-refractivity contribution < 1.29 is 49.2 Å². The van der Waals surface area contributed by atoms with Gasteiger partial charge in [0.15, 0.2) is 0 Å². The summed E-state index contributed by atoms with van der Waals surface area (Å²) in [5, 5.41) is 44.4. The summed E-state index contributed by atoms with van der Waals surface area (Å²) in [6.07, 6.45) is -1.86. The van der Waals surface area contributed by atoms with Crippen molar-refractivity contribution in [3.8, 4) is 11.5 Å². The van der Waals surface area contributed by atoms with Gasteiger partial charge in [-0.3, -0.25) is 24.0 Å². The minimum atomic E-state index is -1.73. The van der Waals surface area contributed by atoms with Gasteiger partial charge in [0.25, 0.3) is 0 Å². The van der Waals surface area contributed by atoms with Gasteiger partial charge in [-0.15, -0.1) is 0 Å². The number of carbonyl (C=O) groups excluding carboxylic acids is 4. The van der Waals surface area contributed by atoms with Crippen LogP contribution >= 0.6 is 0 Å². The average Bonchev–Trinajstić information content (AvgIpc) is 2.91. The van der Waals surface area contributed by atoms with Crippen LogP contribution in [0, 0.1) is 0 Å². The van der Waals surface area contributed by atoms with Gasteiger partial charge in [-0.05, 0) is 48.2 Å². The predicted molar refractivity (Wildman–Crippen MR) is 146 cm³/mol. The van der Waals surface area contributed by atoms with Gasteiger partial charge < -0.3 is 47.8 Å². The smallest absolute Gasteiger partial charge is 0.326 e. The van der Waals surface area contributed by atoms with E-state index in [1.807, 2.05) is 0 Å². The molecular formula is C27H33N5O10. The molecule has 0 bridgehead atoms. The molecular weight excluding hydrogens is 554 g/mol. The molecule has 0 radical (unpaired) electrons. The van der Waals surface area contributed by atoms with Crippen molar-refractivity contribution >= 4 is 35.6 Å². The molecule has 0 heterocycles. The third kappa shape index (κ3) is 11.1. The number of phenols is 2. The lowest BCUT2D eigenvalue weighted by molar-refractivity contribution is -0.144. The fourth-order valence-corrected chi connectivity index (χ4v) is 3.82. The molecule has 15 heteroatoms. The topological polar surface area (TPSA) is 271 Å². The molecule has 4 amide bonds. The average molecular weight is 588 g/mol. The van der Waals surface area contributed by atoms with Crippen LogP contribution in [-0.2, 0) is 41.6 Å². The molecule has 2 aromatic carbocycles. The summed E-state index contributed by atoms with van der Waals surface area (Å²) in [4.78, 5) is 73.0. The Bertz CT molecular complexity index is 1280. The lowest BCUT2D eigenvalue weighted by atomic mass is 10.0. The number of rotatable bonds is 16. The first-order valence-corrected chi connectivity index (χ1v) is 12.7. The van der Waals surface area contributed by atoms with Crippen LogP contribution in [-0.4, -0.2) is 80.2 Å². The second-order valence-electron chi connectivity index (χ2n) is 9.47. The number of nitrogens with one attached hydrogen (secondary N) is 3. The Labute approximate surface area is 239 Å². The number of hydrogen-bond donors (Lipinski definition) is 9. The van der Waals surface area contributed by atoms with E-state index in [9.17, 15) is 44.1 Å². The summed E-state index contributed by atoms with van der Waals surface area (Å²) >= 11 is 0. The summed E-state index contributed by atoms with van der Waals surface area (Å²) < 4.78 is 0. The van der Waals surface area contributed by atoms with Crippen LogP contribution < -0.4 is 27.4 Å². The molecule has 0 saturated carbocycles. The third-order valence-corrected chi connectivity index (χ3v) is 6.04. The van der Waals surface area contributed by atoms with Crippen molar-refractivity contribution in [3.63, 3.8) is 0 Å². The number of carbonyl (C=O) groups is 6. The summed E-state index contributed by atoms with van der Waals surface area (Å²) in [6.45, 7) is 0. The maximum Gasteiger partial charge on any atom is 0.326 e. The van der Waals surface area contributed by atoms with E-state index in [4.69, 9.17) is 16.6 Å². The molecule has 0 aliphatic heterocycles. The number of benzene rings is 2. The lowest BCUT2D eigenvalue weighted by Gasteiger charge is -2.25. The first kappa shape index (κ1) is 33.0. The molecule has 42 heavy (non-hydrogen) atoms. The maximum atomic E-state index is 13.4. The lowest BCUT2D eigenvalue weighted by Crippen LogP contribution is -2.58. The van der Waals surface area contributed by atoms with E-state index in [-0.39, 0.29) is 24.3 Å². The predicted octanol–water partition coefficient (Wildman–Crippen LogP) is -1.51. The second kappa shape index (κ2) is 15.6. The molecule has 0 saturated heterocycles. The number of aromatic hydroxyl groups is 2. The van der Waals surface area contributed by atoms with Gasteiger partial charge >= 0.3 is 11.9 Å². The molecule has 0 spiro atoms. The highest BCUT2D eigenvalue weighted by molar-refractivity contribution is 5.95. The molecule has 2 aromatic rings. The van der Waals surface area contributed by atoms with Crippen molar-refractivity contribution in [1.82, 2.24) is 16.0 Å². The monoisotopic (exact) mass is 587 g/mol. The zero-order chi connectivity index (χ0) is 31.4. The quantitative estimate of drug-likeness (QED) is 0.109. The standard InChI is InChI=1S/C27H33N5O10/c28-18(11-14-1-5-16(33)6-2-14)24(38)31-20(12-15-3-7-17(34)8-4-15)26(40)30-19(9-10-23(36)37)25(39)32-21(27(41)42)13-22(29)35/h1-8,18-21,33-34H,9-13,28H2,(H2,29,35)(H,30,40)(H,31,38)(H,32,39)(H,36,37)(H,41,42). The fourth-order valence-electron chi connectivity index (χ4n) is 3.82. The van der Waals surface area contributed by atoms with Gasteiger partial charge in [0.05, 0.1) is 12.5 Å². The van der Waals surface area contributed by atoms with Crippen molar-refractivity contribution in [2.75, 3.05) is 0 Å². The second-order valence-corrected chi connectivity index (χ2v) is 9.47. The van der Waals surface area contributed by atoms with Crippen LogP contribution in [0.3, 0.4) is 0 Å². The number of phenolic OH excluding ortho intramolecular Hbond substituents is 2. The Balaban J connectivity index is 2.26. The molecule has 226 valence electrons. The Morgan fingerprint density at radius 1 is 0.667 bits per heavy atom. The SMILES string of the molecule is NC(=O)CC(NC(=O)C(CCC(=O)O)NC(=O)C(Cc1ccc(O)cc1)NC(=O)C(N)Cc1ccc(O)cc1)C(=O)O. The van der Waals surface area contributed by atoms with Crippen LogP contribution in [0.15, 0.2) is 48.5 Å². The molecule has 0 aliphatic carbocycles. The van der Waals surface area contributed by atoms with Crippen molar-refractivity contribution in [2.24, 2.45) is 11.5 Å². The molecule has 4 atom stereocenters. The molecule has 0 aliphatic rings. The number of primary amides is 1. The first-order chi connectivity index (χ1) is 19.7. The van der Waals surface area contributed by atoms with Gasteiger partial charge in [-0.2, -0.15) is 0 Å². The number of nitrogens with two attached hydrogens (primary N) is 2. The molecule has 11 N–H and O–H groups in total. The fraction of sp³-hybridized carbons (Fsp3) is 0.333.